The number of hydrogen-bond donors (Lipinski definition) is 1. The Kier molecular flexibility index (Phi) is 5.05. The zero-order valence-electron chi connectivity index (χ0n) is 11.7. The maximum absolute atomic E-state index is 12.6. The molecule has 0 atom stereocenters. The largest absolute Gasteiger partial charge is 0.401 e. The second-order valence-electron chi connectivity index (χ2n) is 5.30. The summed E-state index contributed by atoms with van der Waals surface area (Å²) < 4.78 is 37.9. The van der Waals surface area contributed by atoms with Crippen LogP contribution in [0.25, 0.3) is 0 Å². The van der Waals surface area contributed by atoms with Gasteiger partial charge in [0.2, 0.25) is 0 Å². The van der Waals surface area contributed by atoms with Crippen molar-refractivity contribution in [3.63, 3.8) is 0 Å². The van der Waals surface area contributed by atoms with Gasteiger partial charge in [0.05, 0.1) is 6.54 Å². The number of rotatable bonds is 7. The highest BCUT2D eigenvalue weighted by Crippen LogP contribution is 2.31. The van der Waals surface area contributed by atoms with E-state index >= 15 is 0 Å². The SMILES string of the molecule is CCNCc1ccccc1CN(CC(F)(F)F)C1CC1. The van der Waals surface area contributed by atoms with Crippen LogP contribution in [0, 0.1) is 0 Å². The van der Waals surface area contributed by atoms with E-state index in [1.165, 1.54) is 0 Å². The lowest BCUT2D eigenvalue weighted by Gasteiger charge is -2.24. The molecule has 1 saturated carbocycles. The Hall–Kier alpha value is -1.07. The number of halogens is 3. The molecule has 0 saturated heterocycles. The molecule has 0 unspecified atom stereocenters. The highest BCUT2D eigenvalue weighted by molar-refractivity contribution is 5.27. The summed E-state index contributed by atoms with van der Waals surface area (Å²) in [5.41, 5.74) is 2.08. The van der Waals surface area contributed by atoms with Gasteiger partial charge >= 0.3 is 6.18 Å². The van der Waals surface area contributed by atoms with Gasteiger partial charge in [0, 0.05) is 19.1 Å². The van der Waals surface area contributed by atoms with Crippen molar-refractivity contribution in [2.24, 2.45) is 0 Å². The smallest absolute Gasteiger partial charge is 0.313 e. The summed E-state index contributed by atoms with van der Waals surface area (Å²) in [6, 6.07) is 7.84. The lowest BCUT2D eigenvalue weighted by atomic mass is 10.1. The molecule has 1 aromatic rings. The third-order valence-corrected chi connectivity index (χ3v) is 3.50. The first-order valence-corrected chi connectivity index (χ1v) is 7.08. The Morgan fingerprint density at radius 3 is 2.40 bits per heavy atom. The van der Waals surface area contributed by atoms with Crippen molar-refractivity contribution in [3.8, 4) is 0 Å². The molecular weight excluding hydrogens is 265 g/mol. The van der Waals surface area contributed by atoms with Crippen LogP contribution in [0.1, 0.15) is 30.9 Å². The van der Waals surface area contributed by atoms with Crippen LogP contribution in [-0.2, 0) is 13.1 Å². The maximum Gasteiger partial charge on any atom is 0.401 e. The molecule has 2 nitrogen and oxygen atoms in total. The Labute approximate surface area is 118 Å². The Bertz CT molecular complexity index is 427. The molecule has 112 valence electrons. The van der Waals surface area contributed by atoms with E-state index in [-0.39, 0.29) is 6.04 Å². The molecule has 1 aromatic carbocycles. The second-order valence-corrected chi connectivity index (χ2v) is 5.30. The van der Waals surface area contributed by atoms with Gasteiger partial charge in [-0.25, -0.2) is 0 Å². The van der Waals surface area contributed by atoms with Crippen molar-refractivity contribution in [2.75, 3.05) is 13.1 Å². The van der Waals surface area contributed by atoms with Crippen molar-refractivity contribution in [3.05, 3.63) is 35.4 Å². The van der Waals surface area contributed by atoms with E-state index in [0.717, 1.165) is 30.5 Å². The van der Waals surface area contributed by atoms with Gasteiger partial charge in [0.1, 0.15) is 0 Å². The highest BCUT2D eigenvalue weighted by Gasteiger charge is 2.38. The summed E-state index contributed by atoms with van der Waals surface area (Å²) in [5.74, 6) is 0. The molecule has 20 heavy (non-hydrogen) atoms. The van der Waals surface area contributed by atoms with E-state index in [9.17, 15) is 13.2 Å². The van der Waals surface area contributed by atoms with Crippen LogP contribution in [0.5, 0.6) is 0 Å². The van der Waals surface area contributed by atoms with Gasteiger partial charge in [-0.15, -0.1) is 0 Å². The highest BCUT2D eigenvalue weighted by atomic mass is 19.4. The molecule has 1 aliphatic carbocycles. The van der Waals surface area contributed by atoms with E-state index in [1.807, 2.05) is 31.2 Å². The molecule has 0 aliphatic heterocycles. The van der Waals surface area contributed by atoms with Gasteiger partial charge in [-0.1, -0.05) is 31.2 Å². The molecule has 1 aliphatic rings. The monoisotopic (exact) mass is 286 g/mol. The molecular formula is C15H21F3N2. The first kappa shape index (κ1) is 15.3. The van der Waals surface area contributed by atoms with E-state index < -0.39 is 12.7 Å². The van der Waals surface area contributed by atoms with Gasteiger partial charge < -0.3 is 5.32 Å². The first-order valence-electron chi connectivity index (χ1n) is 7.08. The van der Waals surface area contributed by atoms with E-state index in [1.54, 1.807) is 4.90 Å². The van der Waals surface area contributed by atoms with E-state index in [2.05, 4.69) is 5.32 Å². The Balaban J connectivity index is 2.06. The quantitative estimate of drug-likeness (QED) is 0.827. The topological polar surface area (TPSA) is 15.3 Å². The van der Waals surface area contributed by atoms with Crippen molar-refractivity contribution in [1.82, 2.24) is 10.2 Å². The molecule has 0 spiro atoms. The zero-order chi connectivity index (χ0) is 14.6. The van der Waals surface area contributed by atoms with Crippen LogP contribution in [0.15, 0.2) is 24.3 Å². The molecule has 1 fully saturated rings. The summed E-state index contributed by atoms with van der Waals surface area (Å²) in [6.45, 7) is 3.14. The van der Waals surface area contributed by atoms with Gasteiger partial charge in [-0.2, -0.15) is 13.2 Å². The molecule has 0 bridgehead atoms. The van der Waals surface area contributed by atoms with Gasteiger partial charge in [-0.05, 0) is 30.5 Å². The minimum absolute atomic E-state index is 0.101. The molecule has 0 heterocycles. The average Bonchev–Trinajstić information content (AvgIpc) is 3.19. The summed E-state index contributed by atoms with van der Waals surface area (Å²) in [4.78, 5) is 1.56. The van der Waals surface area contributed by atoms with Crippen molar-refractivity contribution >= 4 is 0 Å². The number of benzene rings is 1. The third-order valence-electron chi connectivity index (χ3n) is 3.50. The number of nitrogens with zero attached hydrogens (tertiary/aromatic N) is 1. The lowest BCUT2D eigenvalue weighted by molar-refractivity contribution is -0.148. The zero-order valence-corrected chi connectivity index (χ0v) is 11.7. The Morgan fingerprint density at radius 2 is 1.85 bits per heavy atom. The van der Waals surface area contributed by atoms with Crippen molar-refractivity contribution in [1.29, 1.82) is 0 Å². The third kappa shape index (κ3) is 4.80. The van der Waals surface area contributed by atoms with Crippen LogP contribution in [0.2, 0.25) is 0 Å². The predicted octanol–water partition coefficient (Wildman–Crippen LogP) is 3.32. The standard InChI is InChI=1S/C15H21F3N2/c1-2-19-9-12-5-3-4-6-13(12)10-20(14-7-8-14)11-15(16,17)18/h3-6,14,19H,2,7-11H2,1H3. The fourth-order valence-electron chi connectivity index (χ4n) is 2.35. The van der Waals surface area contributed by atoms with Crippen LogP contribution < -0.4 is 5.32 Å². The fraction of sp³-hybridized carbons (Fsp3) is 0.600. The van der Waals surface area contributed by atoms with E-state index in [4.69, 9.17) is 0 Å². The van der Waals surface area contributed by atoms with Crippen LogP contribution in [-0.4, -0.2) is 30.2 Å². The molecule has 0 amide bonds. The molecule has 1 N–H and O–H groups in total. The van der Waals surface area contributed by atoms with Gasteiger partial charge in [-0.3, -0.25) is 4.90 Å². The van der Waals surface area contributed by atoms with Crippen molar-refractivity contribution < 1.29 is 13.2 Å². The first-order chi connectivity index (χ1) is 9.49. The van der Waals surface area contributed by atoms with Gasteiger partial charge in [0.15, 0.2) is 0 Å². The summed E-state index contributed by atoms with van der Waals surface area (Å²) >= 11 is 0. The molecule has 5 heteroatoms. The normalized spacial score (nSPS) is 15.8. The number of alkyl halides is 3. The molecule has 0 aromatic heterocycles. The number of hydrogen-bond acceptors (Lipinski definition) is 2. The van der Waals surface area contributed by atoms with Crippen molar-refractivity contribution in [2.45, 2.75) is 45.1 Å². The van der Waals surface area contributed by atoms with Crippen LogP contribution >= 0.6 is 0 Å². The lowest BCUT2D eigenvalue weighted by Crippen LogP contribution is -2.35. The average molecular weight is 286 g/mol. The van der Waals surface area contributed by atoms with Gasteiger partial charge in [0.25, 0.3) is 0 Å². The van der Waals surface area contributed by atoms with Crippen LogP contribution in [0.3, 0.4) is 0 Å². The number of nitrogens with one attached hydrogen (secondary N) is 1. The summed E-state index contributed by atoms with van der Waals surface area (Å²) in [5, 5.41) is 3.23. The molecule has 0 radical (unpaired) electrons. The van der Waals surface area contributed by atoms with E-state index in [0.29, 0.717) is 13.1 Å². The second kappa shape index (κ2) is 6.59. The fourth-order valence-corrected chi connectivity index (χ4v) is 2.35. The maximum atomic E-state index is 12.6. The summed E-state index contributed by atoms with van der Waals surface area (Å²) in [7, 11) is 0. The predicted molar refractivity (Wildman–Crippen MR) is 73.3 cm³/mol. The Morgan fingerprint density at radius 1 is 1.20 bits per heavy atom. The minimum atomic E-state index is -4.13. The minimum Gasteiger partial charge on any atom is -0.313 e. The molecule has 2 rings (SSSR count). The summed E-state index contributed by atoms with van der Waals surface area (Å²) in [6.07, 6.45) is -2.36. The van der Waals surface area contributed by atoms with Crippen LogP contribution in [0.4, 0.5) is 13.2 Å².